The molecular weight excluding hydrogens is 404 g/mol. The maximum Gasteiger partial charge on any atom is 0.407 e. The molecule has 1 atom stereocenters. The predicted octanol–water partition coefficient (Wildman–Crippen LogP) is 4.04. The summed E-state index contributed by atoms with van der Waals surface area (Å²) in [5.74, 6) is -1.15. The van der Waals surface area contributed by atoms with Gasteiger partial charge < -0.3 is 20.1 Å². The second-order valence-corrected chi connectivity index (χ2v) is 8.19. The molecule has 1 aliphatic heterocycles. The van der Waals surface area contributed by atoms with Gasteiger partial charge in [-0.1, -0.05) is 66.7 Å². The van der Waals surface area contributed by atoms with Gasteiger partial charge in [-0.15, -0.1) is 0 Å². The van der Waals surface area contributed by atoms with Crippen LogP contribution in [-0.2, 0) is 16.0 Å². The van der Waals surface area contributed by atoms with Crippen LogP contribution >= 0.6 is 0 Å². The standard InChI is InChI=1S/C26H24N2O4/c29-25(30)23(15-28-14-13-17-7-1-6-12-24(17)28)27-26(31)32-16-22-20-10-4-2-8-18(20)19-9-3-5-11-21(19)22/h1-12,22-23H,13-16H2,(H,27,31)(H,29,30). The van der Waals surface area contributed by atoms with E-state index in [1.165, 1.54) is 5.56 Å². The number of amides is 1. The number of hydrogen-bond acceptors (Lipinski definition) is 4. The number of rotatable bonds is 6. The summed E-state index contributed by atoms with van der Waals surface area (Å²) < 4.78 is 5.52. The first-order valence-corrected chi connectivity index (χ1v) is 10.8. The second kappa shape index (κ2) is 8.38. The highest BCUT2D eigenvalue weighted by Crippen LogP contribution is 2.44. The van der Waals surface area contributed by atoms with E-state index in [9.17, 15) is 14.7 Å². The number of carbonyl (C=O) groups excluding carboxylic acids is 1. The van der Waals surface area contributed by atoms with E-state index < -0.39 is 18.1 Å². The van der Waals surface area contributed by atoms with Crippen molar-refractivity contribution in [1.82, 2.24) is 5.32 Å². The van der Waals surface area contributed by atoms with Gasteiger partial charge in [-0.2, -0.15) is 0 Å². The van der Waals surface area contributed by atoms with Crippen LogP contribution < -0.4 is 10.2 Å². The number of nitrogens with one attached hydrogen (secondary N) is 1. The summed E-state index contributed by atoms with van der Waals surface area (Å²) in [7, 11) is 0. The highest BCUT2D eigenvalue weighted by Gasteiger charge is 2.31. The van der Waals surface area contributed by atoms with Crippen molar-refractivity contribution in [2.24, 2.45) is 0 Å². The largest absolute Gasteiger partial charge is 0.480 e. The molecule has 1 heterocycles. The number of alkyl carbamates (subject to hydrolysis) is 1. The smallest absolute Gasteiger partial charge is 0.407 e. The Balaban J connectivity index is 1.25. The Morgan fingerprint density at radius 2 is 1.59 bits per heavy atom. The van der Waals surface area contributed by atoms with E-state index in [1.807, 2.05) is 65.6 Å². The van der Waals surface area contributed by atoms with Crippen LogP contribution in [0, 0.1) is 0 Å². The second-order valence-electron chi connectivity index (χ2n) is 8.19. The molecule has 162 valence electrons. The zero-order valence-corrected chi connectivity index (χ0v) is 17.5. The lowest BCUT2D eigenvalue weighted by molar-refractivity contribution is -0.139. The minimum Gasteiger partial charge on any atom is -0.480 e. The maximum atomic E-state index is 12.5. The van der Waals surface area contributed by atoms with Crippen LogP contribution in [0.2, 0.25) is 0 Å². The normalized spacial score (nSPS) is 14.9. The van der Waals surface area contributed by atoms with Gasteiger partial charge in [-0.25, -0.2) is 9.59 Å². The fraction of sp³-hybridized carbons (Fsp3) is 0.231. The first-order chi connectivity index (χ1) is 15.6. The first-order valence-electron chi connectivity index (χ1n) is 10.8. The molecule has 1 unspecified atom stereocenters. The van der Waals surface area contributed by atoms with Crippen LogP contribution in [0.3, 0.4) is 0 Å². The van der Waals surface area contributed by atoms with Gasteiger partial charge >= 0.3 is 12.1 Å². The number of aliphatic carboxylic acids is 1. The first kappa shape index (κ1) is 20.1. The number of nitrogens with zero attached hydrogens (tertiary/aromatic N) is 1. The lowest BCUT2D eigenvalue weighted by Crippen LogP contribution is -2.48. The molecule has 0 spiro atoms. The van der Waals surface area contributed by atoms with Crippen molar-refractivity contribution in [2.45, 2.75) is 18.4 Å². The number of carboxylic acids is 1. The highest BCUT2D eigenvalue weighted by atomic mass is 16.5. The summed E-state index contributed by atoms with van der Waals surface area (Å²) in [6, 6.07) is 23.1. The molecular formula is C26H24N2O4. The number of benzene rings is 3. The van der Waals surface area contributed by atoms with Crippen molar-refractivity contribution in [3.05, 3.63) is 89.5 Å². The molecule has 6 heteroatoms. The maximum absolute atomic E-state index is 12.5. The molecule has 5 rings (SSSR count). The average Bonchev–Trinajstić information content (AvgIpc) is 3.36. The minimum atomic E-state index is -1.08. The van der Waals surface area contributed by atoms with Crippen molar-refractivity contribution in [1.29, 1.82) is 0 Å². The van der Waals surface area contributed by atoms with Gasteiger partial charge in [0.25, 0.3) is 0 Å². The van der Waals surface area contributed by atoms with Crippen molar-refractivity contribution >= 4 is 17.7 Å². The lowest BCUT2D eigenvalue weighted by atomic mass is 9.98. The summed E-state index contributed by atoms with van der Waals surface area (Å²) in [5.41, 5.74) is 6.74. The number of fused-ring (bicyclic) bond motifs is 4. The number of carbonyl (C=O) groups is 2. The van der Waals surface area contributed by atoms with Gasteiger partial charge in [0.1, 0.15) is 12.6 Å². The van der Waals surface area contributed by atoms with E-state index in [2.05, 4.69) is 17.4 Å². The van der Waals surface area contributed by atoms with Crippen molar-refractivity contribution in [2.75, 3.05) is 24.6 Å². The van der Waals surface area contributed by atoms with Gasteiger partial charge in [0.2, 0.25) is 0 Å². The summed E-state index contributed by atoms with van der Waals surface area (Å²) in [6.07, 6.45) is 0.153. The molecule has 0 radical (unpaired) electrons. The van der Waals surface area contributed by atoms with Gasteiger partial charge in [0.05, 0.1) is 0 Å². The summed E-state index contributed by atoms with van der Waals surface area (Å²) in [6.45, 7) is 1.07. The molecule has 0 saturated carbocycles. The Hall–Kier alpha value is -3.80. The Labute approximate surface area is 186 Å². The molecule has 6 nitrogen and oxygen atoms in total. The number of hydrogen-bond donors (Lipinski definition) is 2. The van der Waals surface area contributed by atoms with Crippen molar-refractivity contribution in [3.63, 3.8) is 0 Å². The fourth-order valence-corrected chi connectivity index (χ4v) is 4.78. The number of para-hydroxylation sites is 1. The minimum absolute atomic E-state index is 0.0677. The molecule has 0 fully saturated rings. The van der Waals surface area contributed by atoms with E-state index in [0.717, 1.165) is 40.9 Å². The van der Waals surface area contributed by atoms with Crippen LogP contribution in [-0.4, -0.2) is 42.9 Å². The summed E-state index contributed by atoms with van der Waals surface area (Å²) >= 11 is 0. The van der Waals surface area contributed by atoms with E-state index >= 15 is 0 Å². The number of carboxylic acid groups (broad SMARTS) is 1. The third-order valence-electron chi connectivity index (χ3n) is 6.32. The summed E-state index contributed by atoms with van der Waals surface area (Å²) in [4.78, 5) is 26.4. The van der Waals surface area contributed by atoms with Crippen LogP contribution in [0.4, 0.5) is 10.5 Å². The van der Waals surface area contributed by atoms with Gasteiger partial charge in [0.15, 0.2) is 0 Å². The zero-order chi connectivity index (χ0) is 22.1. The van der Waals surface area contributed by atoms with E-state index in [4.69, 9.17) is 4.74 Å². The van der Waals surface area contributed by atoms with Crippen molar-refractivity contribution < 1.29 is 19.4 Å². The molecule has 0 aromatic heterocycles. The topological polar surface area (TPSA) is 78.9 Å². The fourth-order valence-electron chi connectivity index (χ4n) is 4.78. The molecule has 0 saturated heterocycles. The molecule has 0 bridgehead atoms. The van der Waals surface area contributed by atoms with E-state index in [1.54, 1.807) is 0 Å². The quantitative estimate of drug-likeness (QED) is 0.620. The highest BCUT2D eigenvalue weighted by molar-refractivity contribution is 5.81. The zero-order valence-electron chi connectivity index (χ0n) is 17.5. The Kier molecular flexibility index (Phi) is 5.27. The van der Waals surface area contributed by atoms with E-state index in [0.29, 0.717) is 0 Å². The molecule has 1 amide bonds. The summed E-state index contributed by atoms with van der Waals surface area (Å²) in [5, 5.41) is 12.2. The van der Waals surface area contributed by atoms with Crippen LogP contribution in [0.15, 0.2) is 72.8 Å². The van der Waals surface area contributed by atoms with Crippen LogP contribution in [0.1, 0.15) is 22.6 Å². The average molecular weight is 428 g/mol. The van der Waals surface area contributed by atoms with Gasteiger partial charge in [-0.05, 0) is 40.3 Å². The molecule has 32 heavy (non-hydrogen) atoms. The van der Waals surface area contributed by atoms with Crippen molar-refractivity contribution in [3.8, 4) is 11.1 Å². The van der Waals surface area contributed by atoms with Crippen LogP contribution in [0.5, 0.6) is 0 Å². The molecule has 2 N–H and O–H groups in total. The van der Waals surface area contributed by atoms with Gasteiger partial charge in [0, 0.05) is 24.7 Å². The Bertz CT molecular complexity index is 1130. The van der Waals surface area contributed by atoms with E-state index in [-0.39, 0.29) is 19.1 Å². The number of ether oxygens (including phenoxy) is 1. The third kappa shape index (κ3) is 3.68. The third-order valence-corrected chi connectivity index (χ3v) is 6.32. The number of anilines is 1. The molecule has 2 aliphatic rings. The Morgan fingerprint density at radius 3 is 2.28 bits per heavy atom. The molecule has 3 aromatic rings. The lowest BCUT2D eigenvalue weighted by Gasteiger charge is -2.24. The predicted molar refractivity (Wildman–Crippen MR) is 122 cm³/mol. The monoisotopic (exact) mass is 428 g/mol. The Morgan fingerprint density at radius 1 is 0.969 bits per heavy atom. The molecule has 3 aromatic carbocycles. The van der Waals surface area contributed by atoms with Crippen LogP contribution in [0.25, 0.3) is 11.1 Å². The SMILES string of the molecule is O=C(NC(CN1CCc2ccccc21)C(=O)O)OCC1c2ccccc2-c2ccccc21. The molecule has 1 aliphatic carbocycles. The van der Waals surface area contributed by atoms with Gasteiger partial charge in [-0.3, -0.25) is 0 Å².